The van der Waals surface area contributed by atoms with Crippen molar-refractivity contribution in [1.29, 1.82) is 0 Å². The highest BCUT2D eigenvalue weighted by Crippen LogP contribution is 2.28. The van der Waals surface area contributed by atoms with E-state index in [1.165, 1.54) is 0 Å². The first-order chi connectivity index (χ1) is 8.00. The fraction of sp³-hybridized carbons (Fsp3) is 0.500. The zero-order chi connectivity index (χ0) is 12.5. The average molecular weight is 318 g/mol. The molecule has 0 aromatic heterocycles. The van der Waals surface area contributed by atoms with Crippen molar-refractivity contribution in [3.63, 3.8) is 0 Å². The molecule has 1 fully saturated rings. The lowest BCUT2D eigenvalue weighted by Gasteiger charge is -2.25. The van der Waals surface area contributed by atoms with Gasteiger partial charge in [0.25, 0.3) is 0 Å². The molecule has 94 valence electrons. The SMILES string of the molecule is N[C@H]1CC[C@H](S(=O)(=O)c2ccc(Br)cc2)CC1. The number of nitrogens with two attached hydrogens (primary N) is 1. The molecule has 0 radical (unpaired) electrons. The second kappa shape index (κ2) is 5.08. The van der Waals surface area contributed by atoms with Gasteiger partial charge >= 0.3 is 0 Å². The average Bonchev–Trinajstić information content (AvgIpc) is 2.30. The third kappa shape index (κ3) is 2.89. The van der Waals surface area contributed by atoms with Crippen LogP contribution in [0.3, 0.4) is 0 Å². The van der Waals surface area contributed by atoms with E-state index < -0.39 is 9.84 Å². The Labute approximate surface area is 110 Å². The standard InChI is InChI=1S/C12H16BrNO2S/c13-9-1-5-11(6-2-9)17(15,16)12-7-3-10(14)4-8-12/h1-2,5-6,10,12H,3-4,7-8,14H2/t10-,12-. The Morgan fingerprint density at radius 2 is 1.59 bits per heavy atom. The molecule has 17 heavy (non-hydrogen) atoms. The van der Waals surface area contributed by atoms with Gasteiger partial charge in [-0.05, 0) is 49.9 Å². The van der Waals surface area contributed by atoms with Crippen LogP contribution >= 0.6 is 15.9 Å². The zero-order valence-electron chi connectivity index (χ0n) is 9.47. The van der Waals surface area contributed by atoms with Crippen LogP contribution in [0.2, 0.25) is 0 Å². The topological polar surface area (TPSA) is 60.2 Å². The van der Waals surface area contributed by atoms with E-state index in [1.54, 1.807) is 24.3 Å². The summed E-state index contributed by atoms with van der Waals surface area (Å²) in [6.07, 6.45) is 2.97. The van der Waals surface area contributed by atoms with Crippen molar-refractivity contribution >= 4 is 25.8 Å². The Kier molecular flexibility index (Phi) is 3.90. The van der Waals surface area contributed by atoms with Crippen molar-refractivity contribution in [2.45, 2.75) is 41.9 Å². The molecule has 1 aromatic rings. The third-order valence-electron chi connectivity index (χ3n) is 3.30. The Morgan fingerprint density at radius 3 is 2.12 bits per heavy atom. The molecule has 1 saturated carbocycles. The number of rotatable bonds is 2. The maximum absolute atomic E-state index is 12.3. The summed E-state index contributed by atoms with van der Waals surface area (Å²) in [5.74, 6) is 0. The normalized spacial score (nSPS) is 25.8. The lowest BCUT2D eigenvalue weighted by atomic mass is 9.96. The van der Waals surface area contributed by atoms with Crippen molar-refractivity contribution in [2.75, 3.05) is 0 Å². The van der Waals surface area contributed by atoms with Gasteiger partial charge in [-0.15, -0.1) is 0 Å². The Balaban J connectivity index is 2.21. The van der Waals surface area contributed by atoms with Crippen molar-refractivity contribution in [3.8, 4) is 0 Å². The van der Waals surface area contributed by atoms with Crippen molar-refractivity contribution in [3.05, 3.63) is 28.7 Å². The van der Waals surface area contributed by atoms with Crippen LogP contribution in [0.1, 0.15) is 25.7 Å². The molecule has 1 aromatic carbocycles. The van der Waals surface area contributed by atoms with E-state index in [9.17, 15) is 8.42 Å². The molecule has 0 heterocycles. The van der Waals surface area contributed by atoms with E-state index in [0.29, 0.717) is 17.7 Å². The highest BCUT2D eigenvalue weighted by molar-refractivity contribution is 9.10. The van der Waals surface area contributed by atoms with Crippen LogP contribution in [0.15, 0.2) is 33.6 Å². The molecule has 0 saturated heterocycles. The van der Waals surface area contributed by atoms with Gasteiger partial charge in [-0.3, -0.25) is 0 Å². The number of halogens is 1. The first-order valence-corrected chi connectivity index (χ1v) is 8.09. The quantitative estimate of drug-likeness (QED) is 0.911. The molecule has 3 nitrogen and oxygen atoms in total. The number of hydrogen-bond acceptors (Lipinski definition) is 3. The maximum Gasteiger partial charge on any atom is 0.181 e. The molecule has 5 heteroatoms. The van der Waals surface area contributed by atoms with E-state index in [-0.39, 0.29) is 11.3 Å². The highest BCUT2D eigenvalue weighted by Gasteiger charge is 2.30. The second-order valence-electron chi connectivity index (χ2n) is 4.54. The summed E-state index contributed by atoms with van der Waals surface area (Å²) >= 11 is 3.30. The first-order valence-electron chi connectivity index (χ1n) is 5.75. The van der Waals surface area contributed by atoms with Gasteiger partial charge < -0.3 is 5.73 Å². The molecule has 0 amide bonds. The molecule has 0 unspecified atom stereocenters. The minimum atomic E-state index is -3.18. The maximum atomic E-state index is 12.3. The molecular weight excluding hydrogens is 302 g/mol. The van der Waals surface area contributed by atoms with Gasteiger partial charge in [0, 0.05) is 10.5 Å². The molecule has 2 N–H and O–H groups in total. The fourth-order valence-corrected chi connectivity index (χ4v) is 4.27. The van der Waals surface area contributed by atoms with E-state index in [0.717, 1.165) is 17.3 Å². The Hall–Kier alpha value is -0.390. The van der Waals surface area contributed by atoms with E-state index in [2.05, 4.69) is 15.9 Å². The van der Waals surface area contributed by atoms with Crippen LogP contribution in [-0.4, -0.2) is 19.7 Å². The largest absolute Gasteiger partial charge is 0.328 e. The minimum absolute atomic E-state index is 0.173. The minimum Gasteiger partial charge on any atom is -0.328 e. The van der Waals surface area contributed by atoms with Crippen LogP contribution in [0, 0.1) is 0 Å². The predicted octanol–water partition coefficient (Wildman–Crippen LogP) is 2.49. The smallest absolute Gasteiger partial charge is 0.181 e. The first kappa shape index (κ1) is 13.1. The van der Waals surface area contributed by atoms with Gasteiger partial charge in [0.05, 0.1) is 10.1 Å². The van der Waals surface area contributed by atoms with E-state index in [4.69, 9.17) is 5.73 Å². The Bertz CT molecular complexity index is 476. The number of sulfone groups is 1. The van der Waals surface area contributed by atoms with Crippen LogP contribution in [0.5, 0.6) is 0 Å². The molecule has 0 atom stereocenters. The summed E-state index contributed by atoms with van der Waals surface area (Å²) in [6.45, 7) is 0. The monoisotopic (exact) mass is 317 g/mol. The van der Waals surface area contributed by atoms with Gasteiger partial charge in [0.1, 0.15) is 0 Å². The summed E-state index contributed by atoms with van der Waals surface area (Å²) in [6, 6.07) is 7.02. The van der Waals surface area contributed by atoms with Gasteiger partial charge in [0.15, 0.2) is 9.84 Å². The molecular formula is C12H16BrNO2S. The second-order valence-corrected chi connectivity index (χ2v) is 7.68. The van der Waals surface area contributed by atoms with Crippen LogP contribution in [0.4, 0.5) is 0 Å². The van der Waals surface area contributed by atoms with Gasteiger partial charge in [-0.25, -0.2) is 8.42 Å². The zero-order valence-corrected chi connectivity index (χ0v) is 11.9. The van der Waals surface area contributed by atoms with Crippen molar-refractivity contribution in [2.24, 2.45) is 5.73 Å². The van der Waals surface area contributed by atoms with Crippen LogP contribution < -0.4 is 5.73 Å². The molecule has 1 aliphatic rings. The third-order valence-corrected chi connectivity index (χ3v) is 6.11. The highest BCUT2D eigenvalue weighted by atomic mass is 79.9. The van der Waals surface area contributed by atoms with Crippen molar-refractivity contribution < 1.29 is 8.42 Å². The summed E-state index contributed by atoms with van der Waals surface area (Å²) in [5, 5.41) is -0.261. The lowest BCUT2D eigenvalue weighted by Crippen LogP contribution is -2.33. The molecule has 0 bridgehead atoms. The van der Waals surface area contributed by atoms with E-state index >= 15 is 0 Å². The summed E-state index contributed by atoms with van der Waals surface area (Å²) in [5.41, 5.74) is 5.80. The van der Waals surface area contributed by atoms with Crippen LogP contribution in [-0.2, 0) is 9.84 Å². The van der Waals surface area contributed by atoms with Gasteiger partial charge in [-0.1, -0.05) is 15.9 Å². The lowest BCUT2D eigenvalue weighted by molar-refractivity contribution is 0.433. The van der Waals surface area contributed by atoms with E-state index in [1.807, 2.05) is 0 Å². The molecule has 2 rings (SSSR count). The van der Waals surface area contributed by atoms with Gasteiger partial charge in [0.2, 0.25) is 0 Å². The molecule has 0 aliphatic heterocycles. The van der Waals surface area contributed by atoms with Gasteiger partial charge in [-0.2, -0.15) is 0 Å². The van der Waals surface area contributed by atoms with Crippen molar-refractivity contribution in [1.82, 2.24) is 0 Å². The summed E-state index contributed by atoms with van der Waals surface area (Å²) in [4.78, 5) is 0.418. The Morgan fingerprint density at radius 1 is 1.06 bits per heavy atom. The fourth-order valence-electron chi connectivity index (χ4n) is 2.22. The molecule has 0 spiro atoms. The molecule has 1 aliphatic carbocycles. The summed E-state index contributed by atoms with van der Waals surface area (Å²) < 4.78 is 25.6. The number of hydrogen-bond donors (Lipinski definition) is 1. The number of benzene rings is 1. The summed E-state index contributed by atoms with van der Waals surface area (Å²) in [7, 11) is -3.18. The predicted molar refractivity (Wildman–Crippen MR) is 71.6 cm³/mol. The van der Waals surface area contributed by atoms with Crippen LogP contribution in [0.25, 0.3) is 0 Å².